The van der Waals surface area contributed by atoms with E-state index in [2.05, 4.69) is 55.5 Å². The van der Waals surface area contributed by atoms with Gasteiger partial charge in [0.2, 0.25) is 0 Å². The topological polar surface area (TPSA) is 26.0 Å². The Bertz CT molecular complexity index is 1100. The van der Waals surface area contributed by atoms with E-state index in [1.54, 1.807) is 88.8 Å². The van der Waals surface area contributed by atoms with Crippen molar-refractivity contribution in [3.8, 4) is 11.1 Å². The second-order valence-electron chi connectivity index (χ2n) is 15.5. The molecule has 8 bridgehead atoms. The zero-order chi connectivity index (χ0) is 25.5. The predicted molar refractivity (Wildman–Crippen MR) is 173 cm³/mol. The Kier molecular flexibility index (Phi) is 6.72. The molecule has 0 spiro atoms. The molecule has 2 aromatic rings. The van der Waals surface area contributed by atoms with E-state index >= 15 is 0 Å². The first-order valence-electron chi connectivity index (χ1n) is 16.5. The summed E-state index contributed by atoms with van der Waals surface area (Å²) in [6.07, 6.45) is 23.2. The van der Waals surface area contributed by atoms with E-state index in [4.69, 9.17) is 5.73 Å². The van der Waals surface area contributed by atoms with Gasteiger partial charge in [-0.3, -0.25) is 0 Å². The number of halogens is 1. The molecule has 0 atom stereocenters. The van der Waals surface area contributed by atoms with E-state index in [0.717, 1.165) is 41.2 Å². The molecule has 0 amide bonds. The van der Waals surface area contributed by atoms with Crippen LogP contribution < -0.4 is 11.0 Å². The quantitative estimate of drug-likeness (QED) is 0.263. The third-order valence-corrected chi connectivity index (χ3v) is 20.7. The molecule has 8 saturated carbocycles. The average molecular weight is 564 g/mol. The molecular weight excluding hydrogens is 513 g/mol. The first-order valence-corrected chi connectivity index (χ1v) is 18.7. The van der Waals surface area contributed by atoms with Crippen LogP contribution in [0.25, 0.3) is 11.1 Å². The van der Waals surface area contributed by atoms with Crippen LogP contribution in [0.1, 0.15) is 96.8 Å². The molecule has 8 aliphatic rings. The number of unbranched alkanes of at least 4 members (excludes halogenated alkanes) is 1. The van der Waals surface area contributed by atoms with Gasteiger partial charge in [0.05, 0.1) is 0 Å². The van der Waals surface area contributed by atoms with Crippen molar-refractivity contribution in [1.29, 1.82) is 0 Å². The largest absolute Gasteiger partial charge is 0.147 e. The maximum Gasteiger partial charge on any atom is -0.147 e. The van der Waals surface area contributed by atoms with Crippen LogP contribution in [-0.4, -0.2) is 16.5 Å². The van der Waals surface area contributed by atoms with Gasteiger partial charge < -0.3 is 0 Å². The third-order valence-electron chi connectivity index (χ3n) is 13.4. The summed E-state index contributed by atoms with van der Waals surface area (Å²) in [5.41, 5.74) is 10.6. The average Bonchev–Trinajstić information content (AvgIpc) is 2.88. The molecule has 8 aliphatic carbocycles. The van der Waals surface area contributed by atoms with Crippen LogP contribution in [0.3, 0.4) is 0 Å². The summed E-state index contributed by atoms with van der Waals surface area (Å²) in [4.78, 5) is 0. The summed E-state index contributed by atoms with van der Waals surface area (Å²) < 4.78 is 0. The molecular formula is C36H51ClNP. The Morgan fingerprint density at radius 3 is 1.49 bits per heavy atom. The van der Waals surface area contributed by atoms with Crippen molar-refractivity contribution in [2.45, 2.75) is 107 Å². The standard InChI is InChI=1S/C36H50NP.ClH/c1-2-3-12-38(35-19-25-13-26(20-35)15-27(14-25)21-35,36-22-28-16-29(23-36)18-30(17-28)24-36)34-11-7-5-9-32(34)31-8-4-6-10-33(31)37;/h4-11,25-30,38H,2-3,12-24,37H2,1H3;1H. The molecule has 212 valence electrons. The number of nitrogen functional groups attached to an aromatic ring is 1. The minimum atomic E-state index is -2.00. The van der Waals surface area contributed by atoms with Crippen LogP contribution in [0, 0.1) is 35.5 Å². The van der Waals surface area contributed by atoms with Gasteiger partial charge in [-0.2, -0.15) is 0 Å². The Morgan fingerprint density at radius 1 is 0.641 bits per heavy atom. The van der Waals surface area contributed by atoms with Crippen LogP contribution in [-0.2, 0) is 0 Å². The molecule has 1 nitrogen and oxygen atoms in total. The van der Waals surface area contributed by atoms with E-state index in [-0.39, 0.29) is 12.4 Å². The van der Waals surface area contributed by atoms with Gasteiger partial charge in [-0.1, -0.05) is 0 Å². The number of nitrogens with two attached hydrogens (primary N) is 1. The van der Waals surface area contributed by atoms with E-state index in [9.17, 15) is 0 Å². The van der Waals surface area contributed by atoms with Crippen molar-refractivity contribution < 1.29 is 0 Å². The molecule has 0 aliphatic heterocycles. The molecule has 2 N–H and O–H groups in total. The fraction of sp³-hybridized carbons (Fsp3) is 0.667. The number of hydrogen-bond acceptors (Lipinski definition) is 1. The van der Waals surface area contributed by atoms with Crippen LogP contribution in [0.4, 0.5) is 5.69 Å². The first-order chi connectivity index (χ1) is 18.5. The van der Waals surface area contributed by atoms with Crippen molar-refractivity contribution in [2.24, 2.45) is 35.5 Å². The Morgan fingerprint density at radius 2 is 1.05 bits per heavy atom. The molecule has 0 aromatic heterocycles. The van der Waals surface area contributed by atoms with Crippen LogP contribution >= 0.6 is 19.7 Å². The zero-order valence-corrected chi connectivity index (χ0v) is 26.0. The van der Waals surface area contributed by atoms with Gasteiger partial charge in [0.15, 0.2) is 0 Å². The van der Waals surface area contributed by atoms with Crippen LogP contribution in [0.5, 0.6) is 0 Å². The monoisotopic (exact) mass is 563 g/mol. The van der Waals surface area contributed by atoms with Gasteiger partial charge in [0.25, 0.3) is 0 Å². The maximum absolute atomic E-state index is 6.79. The second kappa shape index (κ2) is 9.76. The number of benzene rings is 2. The Labute approximate surface area is 244 Å². The fourth-order valence-corrected chi connectivity index (χ4v) is 22.7. The summed E-state index contributed by atoms with van der Waals surface area (Å²) in [7, 11) is -2.00. The molecule has 0 heterocycles. The molecule has 0 unspecified atom stereocenters. The van der Waals surface area contributed by atoms with Crippen molar-refractivity contribution in [3.63, 3.8) is 0 Å². The molecule has 10 rings (SSSR count). The first kappa shape index (κ1) is 26.8. The molecule has 8 fully saturated rings. The Hall–Kier alpha value is -1.04. The number of hydrogen-bond donors (Lipinski definition) is 1. The van der Waals surface area contributed by atoms with Crippen LogP contribution in [0.15, 0.2) is 48.5 Å². The summed E-state index contributed by atoms with van der Waals surface area (Å²) in [5, 5.41) is 3.13. The van der Waals surface area contributed by atoms with Crippen molar-refractivity contribution in [2.75, 3.05) is 11.9 Å². The summed E-state index contributed by atoms with van der Waals surface area (Å²) in [6, 6.07) is 18.8. The molecule has 3 heteroatoms. The third kappa shape index (κ3) is 3.88. The molecule has 0 radical (unpaired) electrons. The van der Waals surface area contributed by atoms with Gasteiger partial charge in [-0.15, -0.1) is 12.4 Å². The second-order valence-corrected chi connectivity index (χ2v) is 20.5. The number of para-hydroxylation sites is 1. The van der Waals surface area contributed by atoms with E-state index in [1.165, 1.54) is 18.4 Å². The predicted octanol–water partition coefficient (Wildman–Crippen LogP) is 9.47. The molecule has 2 aromatic carbocycles. The molecule has 0 saturated heterocycles. The van der Waals surface area contributed by atoms with Gasteiger partial charge in [0.1, 0.15) is 0 Å². The van der Waals surface area contributed by atoms with Crippen molar-refractivity contribution in [1.82, 2.24) is 0 Å². The van der Waals surface area contributed by atoms with Gasteiger partial charge >= 0.3 is 232 Å². The summed E-state index contributed by atoms with van der Waals surface area (Å²) in [6.45, 7) is 2.47. The van der Waals surface area contributed by atoms with E-state index in [0.29, 0.717) is 10.3 Å². The summed E-state index contributed by atoms with van der Waals surface area (Å²) >= 11 is 0. The Balaban J connectivity index is 0.00000253. The number of anilines is 1. The van der Waals surface area contributed by atoms with Gasteiger partial charge in [-0.25, -0.2) is 0 Å². The zero-order valence-electron chi connectivity index (χ0n) is 24.2. The van der Waals surface area contributed by atoms with Crippen molar-refractivity contribution in [3.05, 3.63) is 48.5 Å². The summed E-state index contributed by atoms with van der Waals surface area (Å²) in [5.74, 6) is 6.15. The van der Waals surface area contributed by atoms with Gasteiger partial charge in [0, 0.05) is 0 Å². The number of rotatable bonds is 7. The SMILES string of the molecule is CCCC[PH](c1ccccc1-c1ccccc1N)(C12CC3CC(CC(C3)C1)C2)C12CC3CC(CC(C3)C1)C2.Cl. The van der Waals surface area contributed by atoms with Crippen LogP contribution in [0.2, 0.25) is 0 Å². The van der Waals surface area contributed by atoms with Crippen molar-refractivity contribution >= 4 is 30.7 Å². The van der Waals surface area contributed by atoms with Gasteiger partial charge in [-0.05, 0) is 0 Å². The smallest absolute Gasteiger partial charge is 0.147 e. The van der Waals surface area contributed by atoms with E-state index in [1.807, 2.05) is 5.30 Å². The normalized spacial score (nSPS) is 40.0. The fourth-order valence-electron chi connectivity index (χ4n) is 13.3. The van der Waals surface area contributed by atoms with E-state index < -0.39 is 7.26 Å². The minimum absolute atomic E-state index is 0. The minimum Gasteiger partial charge on any atom is -0.147 e. The molecule has 39 heavy (non-hydrogen) atoms. The maximum atomic E-state index is 6.79.